The molecule has 2 heterocycles. The van der Waals surface area contributed by atoms with E-state index in [0.29, 0.717) is 11.7 Å². The number of thioether (sulfide) groups is 1. The highest BCUT2D eigenvalue weighted by Crippen LogP contribution is 2.32. The molecule has 1 aliphatic heterocycles. The summed E-state index contributed by atoms with van der Waals surface area (Å²) in [6.07, 6.45) is 3.56. The molecule has 28 heavy (non-hydrogen) atoms. The number of amides is 1. The number of nitrogens with zero attached hydrogens (tertiary/aromatic N) is 3. The van der Waals surface area contributed by atoms with Crippen molar-refractivity contribution in [2.75, 3.05) is 0 Å². The Hall–Kier alpha value is -2.44. The van der Waals surface area contributed by atoms with Crippen molar-refractivity contribution in [3.63, 3.8) is 0 Å². The van der Waals surface area contributed by atoms with Gasteiger partial charge in [0.25, 0.3) is 0 Å². The molecule has 1 aromatic heterocycles. The van der Waals surface area contributed by atoms with Gasteiger partial charge in [0, 0.05) is 4.88 Å². The Bertz CT molecular complexity index is 1020. The van der Waals surface area contributed by atoms with E-state index < -0.39 is 0 Å². The molecule has 1 aliphatic rings. The zero-order valence-electron chi connectivity index (χ0n) is 15.6. The van der Waals surface area contributed by atoms with E-state index in [4.69, 9.17) is 0 Å². The summed E-state index contributed by atoms with van der Waals surface area (Å²) >= 11 is 3.14. The molecule has 0 saturated carbocycles. The highest BCUT2D eigenvalue weighted by molar-refractivity contribution is 8.15. The lowest BCUT2D eigenvalue weighted by Crippen LogP contribution is -2.31. The molecular formula is C22H21N3OS2. The highest BCUT2D eigenvalue weighted by atomic mass is 32.2. The number of carbonyl (C=O) groups is 1. The maximum absolute atomic E-state index is 13.0. The lowest BCUT2D eigenvalue weighted by atomic mass is 10.0. The van der Waals surface area contributed by atoms with E-state index in [0.717, 1.165) is 23.3 Å². The zero-order chi connectivity index (χ0) is 19.3. The van der Waals surface area contributed by atoms with Gasteiger partial charge in [-0.05, 0) is 34.2 Å². The zero-order valence-corrected chi connectivity index (χ0v) is 17.2. The Morgan fingerprint density at radius 3 is 2.79 bits per heavy atom. The third-order valence-corrected chi connectivity index (χ3v) is 6.69. The molecule has 4 rings (SSSR count). The number of thiophene rings is 1. The van der Waals surface area contributed by atoms with Crippen molar-refractivity contribution in [2.24, 2.45) is 10.2 Å². The largest absolute Gasteiger partial charge is 0.284 e. The van der Waals surface area contributed by atoms with Gasteiger partial charge in [0.2, 0.25) is 5.91 Å². The Kier molecular flexibility index (Phi) is 5.88. The maximum atomic E-state index is 13.0. The van der Waals surface area contributed by atoms with Crippen LogP contribution in [-0.2, 0) is 11.3 Å². The third-order valence-electron chi connectivity index (χ3n) is 4.65. The molecule has 4 nitrogen and oxygen atoms in total. The number of benzene rings is 2. The summed E-state index contributed by atoms with van der Waals surface area (Å²) in [5, 5.41) is 13.6. The first-order valence-corrected chi connectivity index (χ1v) is 11.1. The van der Waals surface area contributed by atoms with Crippen LogP contribution in [0.5, 0.6) is 0 Å². The van der Waals surface area contributed by atoms with E-state index in [9.17, 15) is 4.79 Å². The lowest BCUT2D eigenvalue weighted by Gasteiger charge is -2.17. The minimum Gasteiger partial charge on any atom is -0.284 e. The number of hydrogen-bond donors (Lipinski definition) is 0. The molecule has 1 amide bonds. The fraction of sp³-hybridized carbons (Fsp3) is 0.227. The first kappa shape index (κ1) is 18.9. The molecule has 1 atom stereocenters. The Morgan fingerprint density at radius 2 is 1.96 bits per heavy atom. The second-order valence-electron chi connectivity index (χ2n) is 6.60. The van der Waals surface area contributed by atoms with Crippen molar-refractivity contribution in [2.45, 2.75) is 31.6 Å². The molecule has 0 spiro atoms. The van der Waals surface area contributed by atoms with Crippen LogP contribution in [0.2, 0.25) is 0 Å². The highest BCUT2D eigenvalue weighted by Gasteiger charge is 2.37. The fourth-order valence-corrected chi connectivity index (χ4v) is 5.07. The van der Waals surface area contributed by atoms with Crippen molar-refractivity contribution < 1.29 is 4.79 Å². The van der Waals surface area contributed by atoms with Gasteiger partial charge in [-0.3, -0.25) is 9.69 Å². The second kappa shape index (κ2) is 8.71. The van der Waals surface area contributed by atoms with Crippen molar-refractivity contribution in [1.29, 1.82) is 0 Å². The molecule has 0 N–H and O–H groups in total. The normalized spacial score (nSPS) is 18.8. The first-order valence-electron chi connectivity index (χ1n) is 9.35. The van der Waals surface area contributed by atoms with Gasteiger partial charge >= 0.3 is 0 Å². The minimum absolute atomic E-state index is 0.0735. The average molecular weight is 408 g/mol. The van der Waals surface area contributed by atoms with E-state index in [-0.39, 0.29) is 11.2 Å². The monoisotopic (exact) mass is 407 g/mol. The fourth-order valence-electron chi connectivity index (χ4n) is 3.28. The standard InChI is InChI=1S/C22H21N3OS2/c1-2-7-20-21(26)25(22(28-20)24-23-14-18-11-6-13-27-18)15-17-10-5-9-16-8-3-4-12-19(16)17/h3-6,8-14,20H,2,7,15H2,1H3/b23-14+,24-22+. The van der Waals surface area contributed by atoms with Crippen LogP contribution >= 0.6 is 23.1 Å². The predicted molar refractivity (Wildman–Crippen MR) is 120 cm³/mol. The number of amidine groups is 1. The van der Waals surface area contributed by atoms with E-state index in [1.807, 2.05) is 35.7 Å². The predicted octanol–water partition coefficient (Wildman–Crippen LogP) is 5.54. The molecular weight excluding hydrogens is 386 g/mol. The summed E-state index contributed by atoms with van der Waals surface area (Å²) < 4.78 is 0. The van der Waals surface area contributed by atoms with Gasteiger partial charge in [0.15, 0.2) is 5.17 Å². The Labute approximate surface area is 173 Å². The Balaban J connectivity index is 1.63. The smallest absolute Gasteiger partial charge is 0.242 e. The summed E-state index contributed by atoms with van der Waals surface area (Å²) in [6, 6.07) is 18.5. The molecule has 1 unspecified atom stereocenters. The maximum Gasteiger partial charge on any atom is 0.242 e. The molecule has 2 aromatic carbocycles. The number of rotatable bonds is 6. The van der Waals surface area contributed by atoms with Crippen molar-refractivity contribution in [1.82, 2.24) is 4.90 Å². The number of carbonyl (C=O) groups excluding carboxylic acids is 1. The van der Waals surface area contributed by atoms with E-state index >= 15 is 0 Å². The summed E-state index contributed by atoms with van der Waals surface area (Å²) in [4.78, 5) is 15.8. The van der Waals surface area contributed by atoms with Crippen molar-refractivity contribution >= 4 is 51.2 Å². The topological polar surface area (TPSA) is 45.0 Å². The summed E-state index contributed by atoms with van der Waals surface area (Å²) in [5.74, 6) is 0.129. The Morgan fingerprint density at radius 1 is 1.11 bits per heavy atom. The van der Waals surface area contributed by atoms with Gasteiger partial charge < -0.3 is 0 Å². The molecule has 3 aromatic rings. The van der Waals surface area contributed by atoms with Gasteiger partial charge in [-0.15, -0.1) is 16.4 Å². The molecule has 1 fully saturated rings. The van der Waals surface area contributed by atoms with Crippen LogP contribution in [-0.4, -0.2) is 27.4 Å². The van der Waals surface area contributed by atoms with Gasteiger partial charge in [0.1, 0.15) is 0 Å². The molecule has 6 heteroatoms. The minimum atomic E-state index is -0.0735. The second-order valence-corrected chi connectivity index (χ2v) is 8.75. The average Bonchev–Trinajstić information content (AvgIpc) is 3.33. The molecule has 0 bridgehead atoms. The molecule has 0 aliphatic carbocycles. The number of fused-ring (bicyclic) bond motifs is 1. The molecule has 0 radical (unpaired) electrons. The number of hydrogen-bond acceptors (Lipinski definition) is 5. The van der Waals surface area contributed by atoms with Crippen molar-refractivity contribution in [3.8, 4) is 0 Å². The molecule has 1 saturated heterocycles. The van der Waals surface area contributed by atoms with Crippen LogP contribution in [0.4, 0.5) is 0 Å². The SMILES string of the molecule is CCCC1S/C(=N/N=C/c2cccs2)N(Cc2cccc3ccccc23)C1=O. The van der Waals surface area contributed by atoms with Crippen LogP contribution in [0.15, 0.2) is 70.2 Å². The van der Waals surface area contributed by atoms with Crippen molar-refractivity contribution in [3.05, 3.63) is 70.4 Å². The van der Waals surface area contributed by atoms with Gasteiger partial charge in [0.05, 0.1) is 18.0 Å². The van der Waals surface area contributed by atoms with Gasteiger partial charge in [-0.1, -0.05) is 73.6 Å². The van der Waals surface area contributed by atoms with Crippen LogP contribution in [0.25, 0.3) is 10.8 Å². The van der Waals surface area contributed by atoms with E-state index in [1.165, 1.54) is 22.5 Å². The third kappa shape index (κ3) is 4.03. The van der Waals surface area contributed by atoms with E-state index in [2.05, 4.69) is 41.4 Å². The molecule has 142 valence electrons. The quantitative estimate of drug-likeness (QED) is 0.398. The van der Waals surface area contributed by atoms with Crippen LogP contribution in [0.3, 0.4) is 0 Å². The first-order chi connectivity index (χ1) is 13.8. The van der Waals surface area contributed by atoms with Crippen LogP contribution in [0.1, 0.15) is 30.2 Å². The van der Waals surface area contributed by atoms with E-state index in [1.54, 1.807) is 22.5 Å². The summed E-state index contributed by atoms with van der Waals surface area (Å²) in [6.45, 7) is 2.62. The van der Waals surface area contributed by atoms with Crippen LogP contribution in [0, 0.1) is 0 Å². The van der Waals surface area contributed by atoms with Crippen LogP contribution < -0.4 is 0 Å². The van der Waals surface area contributed by atoms with Gasteiger partial charge in [-0.25, -0.2) is 0 Å². The summed E-state index contributed by atoms with van der Waals surface area (Å²) in [7, 11) is 0. The summed E-state index contributed by atoms with van der Waals surface area (Å²) in [5.41, 5.74) is 1.12. The van der Waals surface area contributed by atoms with Gasteiger partial charge in [-0.2, -0.15) is 5.10 Å². The lowest BCUT2D eigenvalue weighted by molar-refractivity contribution is -0.126.